The first-order valence-corrected chi connectivity index (χ1v) is 5.98. The van der Waals surface area contributed by atoms with Gasteiger partial charge in [0, 0.05) is 11.0 Å². The topological polar surface area (TPSA) is 56.0 Å². The summed E-state index contributed by atoms with van der Waals surface area (Å²) in [7, 11) is 0. The monoisotopic (exact) mass is 262 g/mol. The third kappa shape index (κ3) is 3.24. The van der Waals surface area contributed by atoms with E-state index in [0.29, 0.717) is 5.56 Å². The molecule has 0 saturated carbocycles. The maximum absolute atomic E-state index is 13.1. The molecule has 2 aromatic rings. The molecule has 0 aliphatic rings. The molecule has 1 aromatic heterocycles. The molecule has 0 saturated heterocycles. The lowest BCUT2D eigenvalue weighted by atomic mass is 9.89. The van der Waals surface area contributed by atoms with Crippen LogP contribution in [0.2, 0.25) is 0 Å². The third-order valence-corrected chi connectivity index (χ3v) is 2.70. The van der Waals surface area contributed by atoms with Crippen molar-refractivity contribution in [1.29, 1.82) is 0 Å². The van der Waals surface area contributed by atoms with E-state index in [-0.39, 0.29) is 29.7 Å². The molecule has 0 unspecified atom stereocenters. The lowest BCUT2D eigenvalue weighted by Crippen LogP contribution is -2.22. The minimum atomic E-state index is -0.451. The largest absolute Gasteiger partial charge is 0.339 e. The van der Waals surface area contributed by atoms with Crippen molar-refractivity contribution in [3.8, 4) is 11.4 Å². The van der Waals surface area contributed by atoms with Gasteiger partial charge >= 0.3 is 0 Å². The molecule has 0 bridgehead atoms. The SMILES string of the molecule is CC(C)(C)C(=O)Cc1nc(-c2cccc(F)c2)no1. The number of aromatic nitrogens is 2. The van der Waals surface area contributed by atoms with Crippen molar-refractivity contribution < 1.29 is 13.7 Å². The van der Waals surface area contributed by atoms with Gasteiger partial charge in [-0.3, -0.25) is 4.79 Å². The van der Waals surface area contributed by atoms with Gasteiger partial charge in [-0.15, -0.1) is 0 Å². The van der Waals surface area contributed by atoms with Crippen LogP contribution >= 0.6 is 0 Å². The minimum Gasteiger partial charge on any atom is -0.339 e. The van der Waals surface area contributed by atoms with Gasteiger partial charge < -0.3 is 4.52 Å². The summed E-state index contributed by atoms with van der Waals surface area (Å²) in [5.41, 5.74) is 0.0752. The average molecular weight is 262 g/mol. The summed E-state index contributed by atoms with van der Waals surface area (Å²) in [4.78, 5) is 16.0. The zero-order valence-electron chi connectivity index (χ0n) is 11.1. The summed E-state index contributed by atoms with van der Waals surface area (Å²) < 4.78 is 18.1. The van der Waals surface area contributed by atoms with Crippen LogP contribution in [-0.2, 0) is 11.2 Å². The van der Waals surface area contributed by atoms with Crippen LogP contribution in [0.25, 0.3) is 11.4 Å². The molecule has 0 radical (unpaired) electrons. The molecule has 2 rings (SSSR count). The Morgan fingerprint density at radius 3 is 2.74 bits per heavy atom. The van der Waals surface area contributed by atoms with E-state index < -0.39 is 5.41 Å². The van der Waals surface area contributed by atoms with Crippen molar-refractivity contribution in [3.05, 3.63) is 36.0 Å². The molecule has 1 heterocycles. The molecule has 0 amide bonds. The van der Waals surface area contributed by atoms with Gasteiger partial charge in [0.05, 0.1) is 6.42 Å². The lowest BCUT2D eigenvalue weighted by Gasteiger charge is -2.14. The number of carbonyl (C=O) groups is 1. The lowest BCUT2D eigenvalue weighted by molar-refractivity contribution is -0.125. The Morgan fingerprint density at radius 1 is 1.37 bits per heavy atom. The van der Waals surface area contributed by atoms with Crippen LogP contribution < -0.4 is 0 Å². The van der Waals surface area contributed by atoms with Gasteiger partial charge in [-0.2, -0.15) is 4.98 Å². The van der Waals surface area contributed by atoms with E-state index in [9.17, 15) is 9.18 Å². The minimum absolute atomic E-state index is 0.0157. The molecule has 0 aliphatic heterocycles. The zero-order valence-corrected chi connectivity index (χ0v) is 11.1. The predicted octanol–water partition coefficient (Wildman–Crippen LogP) is 3.03. The molecule has 4 nitrogen and oxygen atoms in total. The normalized spacial score (nSPS) is 11.6. The second-order valence-electron chi connectivity index (χ2n) is 5.37. The van der Waals surface area contributed by atoms with Gasteiger partial charge in [0.2, 0.25) is 11.7 Å². The van der Waals surface area contributed by atoms with Gasteiger partial charge in [0.15, 0.2) is 0 Å². The van der Waals surface area contributed by atoms with E-state index >= 15 is 0 Å². The first kappa shape index (κ1) is 13.4. The Hall–Kier alpha value is -2.04. The summed E-state index contributed by atoms with van der Waals surface area (Å²) in [6, 6.07) is 5.91. The molecule has 100 valence electrons. The number of Topliss-reactive ketones (excluding diaryl/α,β-unsaturated/α-hetero) is 1. The van der Waals surface area contributed by atoms with Crippen molar-refractivity contribution in [2.45, 2.75) is 27.2 Å². The molecule has 0 spiro atoms. The zero-order chi connectivity index (χ0) is 14.0. The summed E-state index contributed by atoms with van der Waals surface area (Å²) in [5.74, 6) is 0.187. The number of halogens is 1. The Kier molecular flexibility index (Phi) is 3.46. The fraction of sp³-hybridized carbons (Fsp3) is 0.357. The van der Waals surface area contributed by atoms with Gasteiger partial charge in [-0.1, -0.05) is 38.1 Å². The Balaban J connectivity index is 2.18. The smallest absolute Gasteiger partial charge is 0.234 e. The second-order valence-corrected chi connectivity index (χ2v) is 5.37. The Morgan fingerprint density at radius 2 is 2.11 bits per heavy atom. The molecular weight excluding hydrogens is 247 g/mol. The fourth-order valence-corrected chi connectivity index (χ4v) is 1.47. The van der Waals surface area contributed by atoms with Crippen LogP contribution in [0.3, 0.4) is 0 Å². The summed E-state index contributed by atoms with van der Waals surface area (Å²) in [5, 5.41) is 3.76. The van der Waals surface area contributed by atoms with Gasteiger partial charge in [-0.05, 0) is 12.1 Å². The van der Waals surface area contributed by atoms with Crippen LogP contribution in [0, 0.1) is 11.2 Å². The molecule has 5 heteroatoms. The van der Waals surface area contributed by atoms with E-state index in [4.69, 9.17) is 4.52 Å². The highest BCUT2D eigenvalue weighted by molar-refractivity contribution is 5.85. The van der Waals surface area contributed by atoms with Gasteiger partial charge in [-0.25, -0.2) is 4.39 Å². The quantitative estimate of drug-likeness (QED) is 0.853. The van der Waals surface area contributed by atoms with Crippen LogP contribution in [0.5, 0.6) is 0 Å². The van der Waals surface area contributed by atoms with E-state index in [2.05, 4.69) is 10.1 Å². The standard InChI is InChI=1S/C14H15FN2O2/c1-14(2,3)11(18)8-12-16-13(17-19-12)9-5-4-6-10(15)7-9/h4-7H,8H2,1-3H3. The number of nitrogens with zero attached hydrogens (tertiary/aromatic N) is 2. The maximum Gasteiger partial charge on any atom is 0.234 e. The predicted molar refractivity (Wildman–Crippen MR) is 67.9 cm³/mol. The van der Waals surface area contributed by atoms with Crippen molar-refractivity contribution in [3.63, 3.8) is 0 Å². The first-order valence-electron chi connectivity index (χ1n) is 5.98. The summed E-state index contributed by atoms with van der Waals surface area (Å²) >= 11 is 0. The molecule has 1 aromatic carbocycles. The highest BCUT2D eigenvalue weighted by Gasteiger charge is 2.23. The summed E-state index contributed by atoms with van der Waals surface area (Å²) in [6.07, 6.45) is 0.0891. The number of rotatable bonds is 3. The van der Waals surface area contributed by atoms with E-state index in [0.717, 1.165) is 0 Å². The van der Waals surface area contributed by atoms with Crippen LogP contribution in [0.1, 0.15) is 26.7 Å². The van der Waals surface area contributed by atoms with Crippen molar-refractivity contribution in [1.82, 2.24) is 10.1 Å². The highest BCUT2D eigenvalue weighted by Crippen LogP contribution is 2.20. The van der Waals surface area contributed by atoms with Gasteiger partial charge in [0.25, 0.3) is 0 Å². The number of ketones is 1. The number of hydrogen-bond acceptors (Lipinski definition) is 4. The Bertz CT molecular complexity index is 599. The van der Waals surface area contributed by atoms with Crippen LogP contribution in [0.15, 0.2) is 28.8 Å². The van der Waals surface area contributed by atoms with Crippen molar-refractivity contribution >= 4 is 5.78 Å². The van der Waals surface area contributed by atoms with Crippen molar-refractivity contribution in [2.75, 3.05) is 0 Å². The molecule has 0 atom stereocenters. The van der Waals surface area contributed by atoms with Gasteiger partial charge in [0.1, 0.15) is 11.6 Å². The van der Waals surface area contributed by atoms with Crippen molar-refractivity contribution in [2.24, 2.45) is 5.41 Å². The second kappa shape index (κ2) is 4.91. The molecule has 19 heavy (non-hydrogen) atoms. The maximum atomic E-state index is 13.1. The fourth-order valence-electron chi connectivity index (χ4n) is 1.47. The molecule has 0 fully saturated rings. The third-order valence-electron chi connectivity index (χ3n) is 2.70. The Labute approximate surface area is 110 Å². The number of carbonyl (C=O) groups excluding carboxylic acids is 1. The summed E-state index contributed by atoms with van der Waals surface area (Å²) in [6.45, 7) is 5.50. The molecule has 0 aliphatic carbocycles. The van der Waals surface area contributed by atoms with Crippen LogP contribution in [0.4, 0.5) is 4.39 Å². The highest BCUT2D eigenvalue weighted by atomic mass is 19.1. The van der Waals surface area contributed by atoms with E-state index in [1.165, 1.54) is 12.1 Å². The molecule has 0 N–H and O–H groups in total. The number of benzene rings is 1. The average Bonchev–Trinajstić information content (AvgIpc) is 2.76. The first-order chi connectivity index (χ1) is 8.86. The van der Waals surface area contributed by atoms with E-state index in [1.807, 2.05) is 20.8 Å². The van der Waals surface area contributed by atoms with E-state index in [1.54, 1.807) is 12.1 Å². The van der Waals surface area contributed by atoms with Crippen LogP contribution in [-0.4, -0.2) is 15.9 Å². The molecular formula is C14H15FN2O2. The number of hydrogen-bond donors (Lipinski definition) is 0.